The fourth-order valence-electron chi connectivity index (χ4n) is 1.73. The number of anilines is 1. The van der Waals surface area contributed by atoms with E-state index >= 15 is 0 Å². The number of hydrogen-bond donors (Lipinski definition) is 1. The molecule has 0 aliphatic heterocycles. The molecular weight excluding hydrogens is 150 g/mol. The molecule has 2 rings (SSSR count). The molecule has 0 atom stereocenters. The predicted octanol–water partition coefficient (Wildman–Crippen LogP) is 1.39. The van der Waals surface area contributed by atoms with Crippen LogP contribution >= 0.6 is 0 Å². The molecule has 0 fully saturated rings. The molecule has 2 nitrogen and oxygen atoms in total. The van der Waals surface area contributed by atoms with Crippen molar-refractivity contribution in [1.29, 1.82) is 0 Å². The molecule has 1 aliphatic rings. The van der Waals surface area contributed by atoms with Crippen molar-refractivity contribution in [2.75, 3.05) is 12.4 Å². The lowest BCUT2D eigenvalue weighted by molar-refractivity contribution is 0.824. The van der Waals surface area contributed by atoms with E-state index < -0.39 is 0 Å². The van der Waals surface area contributed by atoms with Crippen LogP contribution in [-0.2, 0) is 12.8 Å². The highest BCUT2D eigenvalue weighted by atomic mass is 16.0. The van der Waals surface area contributed by atoms with Gasteiger partial charge in [0.25, 0.3) is 0 Å². The molecule has 1 aliphatic carbocycles. The topological polar surface area (TPSA) is 43.5 Å². The van der Waals surface area contributed by atoms with Gasteiger partial charge in [0.1, 0.15) is 0 Å². The minimum absolute atomic E-state index is 0. The Labute approximate surface area is 72.9 Å². The van der Waals surface area contributed by atoms with Crippen molar-refractivity contribution < 1.29 is 5.48 Å². The lowest BCUT2D eigenvalue weighted by atomic mass is 10.1. The average molecular weight is 165 g/mol. The Balaban J connectivity index is 0.000000720. The number of nitrogens with one attached hydrogen (secondary N) is 1. The molecule has 0 amide bonds. The summed E-state index contributed by atoms with van der Waals surface area (Å²) in [7, 11) is 1.97. The number of rotatable bonds is 1. The standard InChI is InChI=1S/C10H13N.H2O/c1-11-10-6-5-8-3-2-4-9(8)7-10;/h5-7,11H,2-4H2,1H3;1H2. The van der Waals surface area contributed by atoms with E-state index in [1.165, 1.54) is 30.5 Å². The van der Waals surface area contributed by atoms with Gasteiger partial charge in [-0.1, -0.05) is 6.07 Å². The monoisotopic (exact) mass is 165 g/mol. The summed E-state index contributed by atoms with van der Waals surface area (Å²) in [5.41, 5.74) is 4.33. The van der Waals surface area contributed by atoms with Crippen molar-refractivity contribution in [2.45, 2.75) is 19.3 Å². The molecule has 0 spiro atoms. The molecule has 0 bridgehead atoms. The molecular formula is C10H15NO. The molecule has 12 heavy (non-hydrogen) atoms. The SMILES string of the molecule is CNc1ccc2c(c1)CCC2.O. The van der Waals surface area contributed by atoms with Gasteiger partial charge in [-0.2, -0.15) is 0 Å². The Bertz CT molecular complexity index is 271. The molecule has 0 heterocycles. The normalized spacial score (nSPS) is 13.4. The maximum Gasteiger partial charge on any atom is 0.0340 e. The molecule has 1 aromatic rings. The van der Waals surface area contributed by atoms with Crippen molar-refractivity contribution >= 4 is 5.69 Å². The van der Waals surface area contributed by atoms with Crippen LogP contribution in [-0.4, -0.2) is 12.5 Å². The maximum atomic E-state index is 3.16. The zero-order valence-electron chi connectivity index (χ0n) is 7.35. The van der Waals surface area contributed by atoms with Crippen LogP contribution in [0.1, 0.15) is 17.5 Å². The summed E-state index contributed by atoms with van der Waals surface area (Å²) in [5.74, 6) is 0. The van der Waals surface area contributed by atoms with Gasteiger partial charge in [-0.25, -0.2) is 0 Å². The fraction of sp³-hybridized carbons (Fsp3) is 0.400. The first kappa shape index (κ1) is 9.07. The van der Waals surface area contributed by atoms with E-state index in [0.29, 0.717) is 0 Å². The van der Waals surface area contributed by atoms with Crippen molar-refractivity contribution in [1.82, 2.24) is 0 Å². The quantitative estimate of drug-likeness (QED) is 0.671. The smallest absolute Gasteiger partial charge is 0.0340 e. The first-order valence-corrected chi connectivity index (χ1v) is 4.20. The second kappa shape index (κ2) is 3.59. The Morgan fingerprint density at radius 2 is 1.92 bits per heavy atom. The lowest BCUT2D eigenvalue weighted by Gasteiger charge is -2.02. The van der Waals surface area contributed by atoms with Crippen LogP contribution in [0.5, 0.6) is 0 Å². The van der Waals surface area contributed by atoms with Gasteiger partial charge in [0.15, 0.2) is 0 Å². The Morgan fingerprint density at radius 3 is 2.67 bits per heavy atom. The van der Waals surface area contributed by atoms with E-state index in [1.807, 2.05) is 7.05 Å². The van der Waals surface area contributed by atoms with Crippen LogP contribution in [0.15, 0.2) is 18.2 Å². The third-order valence-corrected chi connectivity index (χ3v) is 2.39. The number of hydrogen-bond acceptors (Lipinski definition) is 1. The van der Waals surface area contributed by atoms with Crippen LogP contribution in [0, 0.1) is 0 Å². The van der Waals surface area contributed by atoms with Crippen LogP contribution in [0.2, 0.25) is 0 Å². The molecule has 0 saturated heterocycles. The highest BCUT2D eigenvalue weighted by Gasteiger charge is 2.09. The second-order valence-corrected chi connectivity index (χ2v) is 3.09. The number of fused-ring (bicyclic) bond motifs is 1. The summed E-state index contributed by atoms with van der Waals surface area (Å²) in [4.78, 5) is 0. The van der Waals surface area contributed by atoms with E-state index in [0.717, 1.165) is 0 Å². The van der Waals surface area contributed by atoms with Crippen molar-refractivity contribution in [2.24, 2.45) is 0 Å². The summed E-state index contributed by atoms with van der Waals surface area (Å²) in [6.07, 6.45) is 3.88. The largest absolute Gasteiger partial charge is 0.412 e. The molecule has 3 N–H and O–H groups in total. The number of benzene rings is 1. The Kier molecular flexibility index (Phi) is 2.71. The van der Waals surface area contributed by atoms with Crippen molar-refractivity contribution in [3.63, 3.8) is 0 Å². The van der Waals surface area contributed by atoms with Gasteiger partial charge in [0, 0.05) is 12.7 Å². The van der Waals surface area contributed by atoms with Gasteiger partial charge in [-0.3, -0.25) is 0 Å². The van der Waals surface area contributed by atoms with Gasteiger partial charge >= 0.3 is 0 Å². The Morgan fingerprint density at radius 1 is 1.17 bits per heavy atom. The van der Waals surface area contributed by atoms with Crippen LogP contribution in [0.4, 0.5) is 5.69 Å². The lowest BCUT2D eigenvalue weighted by Crippen LogP contribution is -1.89. The highest BCUT2D eigenvalue weighted by molar-refractivity contribution is 5.49. The third kappa shape index (κ3) is 1.43. The van der Waals surface area contributed by atoms with Gasteiger partial charge in [0.05, 0.1) is 0 Å². The van der Waals surface area contributed by atoms with Crippen molar-refractivity contribution in [3.8, 4) is 0 Å². The fourth-order valence-corrected chi connectivity index (χ4v) is 1.73. The molecule has 0 unspecified atom stereocenters. The van der Waals surface area contributed by atoms with E-state index in [9.17, 15) is 0 Å². The number of aryl methyl sites for hydroxylation is 2. The van der Waals surface area contributed by atoms with Gasteiger partial charge in [0.2, 0.25) is 0 Å². The first-order chi connectivity index (χ1) is 5.40. The summed E-state index contributed by atoms with van der Waals surface area (Å²) in [5, 5.41) is 3.16. The Hall–Kier alpha value is -1.02. The average Bonchev–Trinajstić information content (AvgIpc) is 2.50. The van der Waals surface area contributed by atoms with Gasteiger partial charge in [-0.15, -0.1) is 0 Å². The predicted molar refractivity (Wildman–Crippen MR) is 51.6 cm³/mol. The summed E-state index contributed by atoms with van der Waals surface area (Å²) < 4.78 is 0. The minimum atomic E-state index is 0. The van der Waals surface area contributed by atoms with Gasteiger partial charge in [-0.05, 0) is 42.5 Å². The maximum absolute atomic E-state index is 3.16. The zero-order valence-corrected chi connectivity index (χ0v) is 7.35. The molecule has 66 valence electrons. The zero-order chi connectivity index (χ0) is 7.68. The van der Waals surface area contributed by atoms with Crippen LogP contribution in [0.25, 0.3) is 0 Å². The molecule has 0 saturated carbocycles. The molecule has 1 aromatic carbocycles. The molecule has 0 radical (unpaired) electrons. The van der Waals surface area contributed by atoms with Crippen LogP contribution < -0.4 is 5.32 Å². The third-order valence-electron chi connectivity index (χ3n) is 2.39. The van der Waals surface area contributed by atoms with E-state index in [2.05, 4.69) is 23.5 Å². The molecule has 2 heteroatoms. The van der Waals surface area contributed by atoms with Crippen molar-refractivity contribution in [3.05, 3.63) is 29.3 Å². The summed E-state index contributed by atoms with van der Waals surface area (Å²) in [6, 6.07) is 6.67. The molecule has 0 aromatic heterocycles. The first-order valence-electron chi connectivity index (χ1n) is 4.20. The summed E-state index contributed by atoms with van der Waals surface area (Å²) in [6.45, 7) is 0. The van der Waals surface area contributed by atoms with Crippen LogP contribution in [0.3, 0.4) is 0 Å². The summed E-state index contributed by atoms with van der Waals surface area (Å²) >= 11 is 0. The van der Waals surface area contributed by atoms with E-state index in [-0.39, 0.29) is 5.48 Å². The van der Waals surface area contributed by atoms with E-state index in [1.54, 1.807) is 5.56 Å². The minimum Gasteiger partial charge on any atom is -0.412 e. The van der Waals surface area contributed by atoms with E-state index in [4.69, 9.17) is 0 Å². The highest BCUT2D eigenvalue weighted by Crippen LogP contribution is 2.24. The second-order valence-electron chi connectivity index (χ2n) is 3.09. The van der Waals surface area contributed by atoms with Gasteiger partial charge < -0.3 is 10.8 Å².